The Morgan fingerprint density at radius 2 is 0.485 bits per heavy atom. The summed E-state index contributed by atoms with van der Waals surface area (Å²) in [5, 5.41) is 53.9. The number of terminal acetylenes is 1. The van der Waals surface area contributed by atoms with E-state index in [1.54, 1.807) is 27.7 Å². The molecule has 0 aromatic rings. The summed E-state index contributed by atoms with van der Waals surface area (Å²) < 4.78 is 0. The highest BCUT2D eigenvalue weighted by atomic mass is 16.4. The third-order valence-electron chi connectivity index (χ3n) is 19.3. The van der Waals surface area contributed by atoms with E-state index in [2.05, 4.69) is 12.8 Å². The Morgan fingerprint density at radius 1 is 0.283 bits per heavy atom. The van der Waals surface area contributed by atoms with E-state index in [1.165, 1.54) is 193 Å². The van der Waals surface area contributed by atoms with Crippen molar-refractivity contribution in [3.05, 3.63) is 0 Å². The van der Waals surface area contributed by atoms with Crippen molar-refractivity contribution in [2.45, 2.75) is 447 Å². The van der Waals surface area contributed by atoms with Crippen LogP contribution in [0.2, 0.25) is 0 Å². The van der Waals surface area contributed by atoms with Gasteiger partial charge < -0.3 is 35.4 Å². The van der Waals surface area contributed by atoms with Gasteiger partial charge in [0, 0.05) is 37.5 Å². The van der Waals surface area contributed by atoms with Crippen molar-refractivity contribution in [2.24, 2.45) is 16.2 Å². The molecule has 99 heavy (non-hydrogen) atoms. The Bertz CT molecular complexity index is 1920. The second-order valence-electron chi connectivity index (χ2n) is 29.6. The molecule has 0 fully saturated rings. The fourth-order valence-corrected chi connectivity index (χ4v) is 12.0. The van der Waals surface area contributed by atoms with Crippen LogP contribution in [0.4, 0.5) is 0 Å². The average Bonchev–Trinajstić information content (AvgIpc) is 0.830. The number of ketones is 2. The van der Waals surface area contributed by atoms with Crippen LogP contribution < -0.4 is 0 Å². The molecule has 0 aliphatic rings. The third-order valence-corrected chi connectivity index (χ3v) is 19.3. The molecule has 16 nitrogen and oxygen atoms in total. The van der Waals surface area contributed by atoms with E-state index in [-0.39, 0.29) is 36.6 Å². The molecule has 6 N–H and O–H groups in total. The molecule has 0 amide bonds. The Balaban J connectivity index is -0.000000400. The van der Waals surface area contributed by atoms with Crippen LogP contribution in [0.3, 0.4) is 0 Å². The molecule has 580 valence electrons. The minimum Gasteiger partial charge on any atom is -0.481 e. The van der Waals surface area contributed by atoms with Crippen LogP contribution in [0.25, 0.3) is 0 Å². The van der Waals surface area contributed by atoms with Gasteiger partial charge in [-0.3, -0.25) is 33.6 Å². The first-order valence-electron chi connectivity index (χ1n) is 40.1. The van der Waals surface area contributed by atoms with E-state index in [1.807, 2.05) is 13.8 Å². The zero-order chi connectivity index (χ0) is 75.4. The second kappa shape index (κ2) is 77.3. The normalized spacial score (nSPS) is 11.1. The Hall–Kier alpha value is -4.90. The summed E-state index contributed by atoms with van der Waals surface area (Å²) in [6, 6.07) is 0. The van der Waals surface area contributed by atoms with Gasteiger partial charge >= 0.3 is 42.0 Å². The molecule has 0 atom stereocenters. The predicted molar refractivity (Wildman–Crippen MR) is 403 cm³/mol. The number of carbonyl (C=O) groups is 8. The minimum atomic E-state index is -1.66. The van der Waals surface area contributed by atoms with Crippen molar-refractivity contribution in [1.82, 2.24) is 0 Å². The smallest absolute Gasteiger partial charge is 0.373 e. The third kappa shape index (κ3) is 81.9. The maximum atomic E-state index is 11.8. The fourth-order valence-electron chi connectivity index (χ4n) is 12.0. The zero-order valence-electron chi connectivity index (χ0n) is 64.7. The molecular formula is C83H152O16. The van der Waals surface area contributed by atoms with Crippen LogP contribution in [0.1, 0.15) is 447 Å². The largest absolute Gasteiger partial charge is 0.481 e. The molecule has 0 spiro atoms. The van der Waals surface area contributed by atoms with Crippen LogP contribution in [-0.2, 0) is 47.9 Å². The van der Waals surface area contributed by atoms with Gasteiger partial charge in [-0.25, -0.2) is 0 Å². The van der Waals surface area contributed by atoms with Gasteiger partial charge in [0.05, 0.1) is 5.41 Å². The molecule has 0 saturated carbocycles. The fraction of sp³-hybridized carbons (Fsp3) is 0.867. The molecule has 0 aromatic heterocycles. The summed E-state index contributed by atoms with van der Waals surface area (Å²) in [4.78, 5) is 104. The van der Waals surface area contributed by atoms with E-state index in [0.29, 0.717) is 37.9 Å². The average molecular weight is 1410 g/mol. The van der Waals surface area contributed by atoms with Gasteiger partial charge in [-0.1, -0.05) is 329 Å². The van der Waals surface area contributed by atoms with Crippen LogP contribution in [0.15, 0.2) is 0 Å². The molecule has 0 rings (SSSR count). The number of aliphatic carboxylic acids is 6. The van der Waals surface area contributed by atoms with Crippen LogP contribution in [-0.4, -0.2) is 84.2 Å². The summed E-state index contributed by atoms with van der Waals surface area (Å²) in [5.41, 5.74) is -2.40. The van der Waals surface area contributed by atoms with Crippen molar-refractivity contribution < 1.29 is 78.6 Å². The van der Waals surface area contributed by atoms with Gasteiger partial charge in [0.2, 0.25) is 0 Å². The van der Waals surface area contributed by atoms with Crippen molar-refractivity contribution in [2.75, 3.05) is 0 Å². The monoisotopic (exact) mass is 1410 g/mol. The lowest BCUT2D eigenvalue weighted by Crippen LogP contribution is -2.39. The quantitative estimate of drug-likeness (QED) is 0.0187. The number of hydrogen-bond donors (Lipinski definition) is 6. The van der Waals surface area contributed by atoms with Crippen molar-refractivity contribution in [3.8, 4) is 12.3 Å². The van der Waals surface area contributed by atoms with Crippen LogP contribution >= 0.6 is 0 Å². The number of unbranched alkanes of at least 4 members (excludes halogenated alkanes) is 49. The zero-order valence-corrected chi connectivity index (χ0v) is 64.7. The number of hydrogen-bond acceptors (Lipinski definition) is 10. The van der Waals surface area contributed by atoms with Crippen molar-refractivity contribution in [3.63, 3.8) is 0 Å². The molecule has 0 unspecified atom stereocenters. The lowest BCUT2D eigenvalue weighted by Gasteiger charge is -2.25. The molecule has 0 saturated heterocycles. The molecule has 0 heterocycles. The van der Waals surface area contributed by atoms with Gasteiger partial charge in [-0.15, -0.1) is 12.3 Å². The van der Waals surface area contributed by atoms with Gasteiger partial charge in [0.15, 0.2) is 5.41 Å². The van der Waals surface area contributed by atoms with Crippen LogP contribution in [0, 0.1) is 28.6 Å². The topological polar surface area (TPSA) is 292 Å². The second-order valence-corrected chi connectivity index (χ2v) is 29.6. The maximum Gasteiger partial charge on any atom is 0.373 e. The van der Waals surface area contributed by atoms with E-state index >= 15 is 0 Å². The molecular weight excluding hydrogens is 1250 g/mol. The van der Waals surface area contributed by atoms with E-state index in [0.717, 1.165) is 154 Å². The van der Waals surface area contributed by atoms with Gasteiger partial charge in [-0.05, 0) is 85.5 Å². The Labute approximate surface area is 604 Å². The van der Waals surface area contributed by atoms with Crippen molar-refractivity contribution in [1.29, 1.82) is 0 Å². The van der Waals surface area contributed by atoms with E-state index < -0.39 is 46.6 Å². The van der Waals surface area contributed by atoms with Crippen molar-refractivity contribution >= 4 is 53.5 Å². The highest BCUT2D eigenvalue weighted by Gasteiger charge is 2.45. The molecule has 0 aliphatic heterocycles. The summed E-state index contributed by atoms with van der Waals surface area (Å²) >= 11 is 0. The number of carbonyl (C=O) groups excluding carboxylic acids is 4. The van der Waals surface area contributed by atoms with E-state index in [9.17, 15) is 48.6 Å². The lowest BCUT2D eigenvalue weighted by molar-refractivity contribution is -0.192. The van der Waals surface area contributed by atoms with E-state index in [4.69, 9.17) is 36.4 Å². The molecule has 0 aromatic carbocycles. The maximum absolute atomic E-state index is 11.8. The Kier molecular flexibility index (Phi) is 80.2. The predicted octanol–water partition coefficient (Wildman–Crippen LogP) is 23.9. The number of carboxylic acids is 6. The summed E-state index contributed by atoms with van der Waals surface area (Å²) in [6.45, 7) is 13.3. The molecule has 16 heteroatoms. The van der Waals surface area contributed by atoms with Crippen LogP contribution in [0.5, 0.6) is 0 Å². The lowest BCUT2D eigenvalue weighted by atomic mass is 9.78. The highest BCUT2D eigenvalue weighted by Crippen LogP contribution is 2.34. The van der Waals surface area contributed by atoms with Gasteiger partial charge in [-0.2, -0.15) is 9.59 Å². The number of Topliss-reactive ketones (excluding diaryl/α,β-unsaturated/α-hetero) is 2. The molecule has 0 radical (unpaired) electrons. The number of carboxylic acid groups (broad SMARTS) is 6. The standard InChI is InChI=1S/C25H42O6.C24H46O3.C19H36O3.C14H28O2.CO2/c1-2-3-4-5-6-8-11-14-17-20-25(23(28)29,24(30)31)21-18-15-12-9-7-10-13-16-19-22(26)27;1-23(25)21-19-17-15-13-11-9-7-5-3-2-4-6-8-10-12-14-16-18-20-22-24(26)27;1-16(20)18(2,3)14-12-10-8-6-7-9-11-13-15-19(4,5)17(21)22;1-2-3-4-5-6-7-8-9-10-11-12-13-14(15)16;2-1-3/h1H,3-21H2,(H,26,27)(H,28,29)(H,30,31);2-22H2,1H3,(H,26,27);6-15H2,1-5H3,(H,21,22);2-13H2,1H3,(H,15,16);. The molecule has 0 aliphatic carbocycles. The summed E-state index contributed by atoms with van der Waals surface area (Å²) in [7, 11) is 0. The first-order valence-corrected chi connectivity index (χ1v) is 40.1. The SMILES string of the molecule is C#CCCCCCCCCCC(CCCCCCCCCCC(=O)O)(C(=O)O)C(=O)O.CC(=O)C(C)(C)CCCCCCCCCCC(C)(C)C(=O)O.CC(=O)CCCCCCCCCCCCCCCCCCCCCC(=O)O.CCCCCCCCCCCCCC(=O)O.O=C=O. The first-order chi connectivity index (χ1) is 47.3. The van der Waals surface area contributed by atoms with Gasteiger partial charge in [0.25, 0.3) is 0 Å². The number of rotatable bonds is 69. The minimum absolute atomic E-state index is 0.156. The Morgan fingerprint density at radius 3 is 0.687 bits per heavy atom. The summed E-state index contributed by atoms with van der Waals surface area (Å²) in [6.07, 6.45) is 72.0. The van der Waals surface area contributed by atoms with Gasteiger partial charge in [0.1, 0.15) is 11.6 Å². The first kappa shape index (κ1) is 103. The highest BCUT2D eigenvalue weighted by molar-refractivity contribution is 5.98. The molecule has 0 bridgehead atoms. The summed E-state index contributed by atoms with van der Waals surface area (Å²) in [5.74, 6) is -1.94.